The van der Waals surface area contributed by atoms with E-state index in [0.29, 0.717) is 13.1 Å². The summed E-state index contributed by atoms with van der Waals surface area (Å²) in [6.07, 6.45) is 0. The molecular formula is C6H14N3O+. The lowest BCUT2D eigenvalue weighted by molar-refractivity contribution is -0.544. The minimum Gasteiger partial charge on any atom is -0.310 e. The van der Waals surface area contributed by atoms with Gasteiger partial charge in [0.25, 0.3) is 0 Å². The Labute approximate surface area is 60.6 Å². The van der Waals surface area contributed by atoms with Crippen LogP contribution < -0.4 is 10.6 Å². The van der Waals surface area contributed by atoms with Crippen molar-refractivity contribution >= 4 is 0 Å². The third kappa shape index (κ3) is 2.89. The highest BCUT2D eigenvalue weighted by Crippen LogP contribution is 1.74. The molecule has 0 spiro atoms. The maximum absolute atomic E-state index is 10.8. The summed E-state index contributed by atoms with van der Waals surface area (Å²) >= 11 is 0. The lowest BCUT2D eigenvalue weighted by Gasteiger charge is -1.97. The van der Waals surface area contributed by atoms with Gasteiger partial charge in [-0.15, -0.1) is 0 Å². The van der Waals surface area contributed by atoms with Crippen LogP contribution in [-0.2, 0) is 0 Å². The van der Waals surface area contributed by atoms with Crippen LogP contribution in [0.4, 0.5) is 0 Å². The Morgan fingerprint density at radius 3 is 1.90 bits per heavy atom. The molecule has 4 nitrogen and oxygen atoms in total. The van der Waals surface area contributed by atoms with Crippen LogP contribution in [0.25, 0.3) is 0 Å². The third-order valence-corrected chi connectivity index (χ3v) is 1.55. The van der Waals surface area contributed by atoms with Gasteiger partial charge in [0.05, 0.1) is 13.1 Å². The maximum Gasteiger partial charge on any atom is 0.204 e. The number of hydrogen-bond donors (Lipinski definition) is 2. The van der Waals surface area contributed by atoms with Crippen LogP contribution in [0.15, 0.2) is 0 Å². The SMILES string of the molecule is O=[N+]1CCNCCNCC1. The predicted molar refractivity (Wildman–Crippen MR) is 39.1 cm³/mol. The normalized spacial score (nSPS) is 23.0. The van der Waals surface area contributed by atoms with E-state index in [9.17, 15) is 4.91 Å². The molecule has 0 bridgehead atoms. The first kappa shape index (κ1) is 7.63. The molecule has 1 rings (SSSR count). The number of nitroso groups, excluding NO2 is 1. The van der Waals surface area contributed by atoms with Crippen molar-refractivity contribution in [1.82, 2.24) is 10.6 Å². The molecule has 10 heavy (non-hydrogen) atoms. The summed E-state index contributed by atoms with van der Waals surface area (Å²) in [5.41, 5.74) is 0. The third-order valence-electron chi connectivity index (χ3n) is 1.55. The van der Waals surface area contributed by atoms with E-state index in [2.05, 4.69) is 10.6 Å². The van der Waals surface area contributed by atoms with E-state index in [0.717, 1.165) is 30.9 Å². The molecule has 4 heteroatoms. The van der Waals surface area contributed by atoms with E-state index in [4.69, 9.17) is 0 Å². The molecule has 1 fully saturated rings. The highest BCUT2D eigenvalue weighted by Gasteiger charge is 2.07. The fraction of sp³-hybridized carbons (Fsp3) is 1.00. The Balaban J connectivity index is 2.21. The highest BCUT2D eigenvalue weighted by molar-refractivity contribution is 4.52. The van der Waals surface area contributed by atoms with Gasteiger partial charge in [-0.05, 0) is 0 Å². The number of nitrogens with zero attached hydrogens (tertiary/aromatic N) is 1. The molecule has 1 heterocycles. The van der Waals surface area contributed by atoms with Crippen molar-refractivity contribution in [3.05, 3.63) is 4.91 Å². The zero-order valence-electron chi connectivity index (χ0n) is 6.10. The molecule has 1 aliphatic rings. The summed E-state index contributed by atoms with van der Waals surface area (Å²) < 4.78 is 1.09. The van der Waals surface area contributed by atoms with Crippen molar-refractivity contribution in [1.29, 1.82) is 0 Å². The van der Waals surface area contributed by atoms with Crippen LogP contribution in [-0.4, -0.2) is 44.0 Å². The van der Waals surface area contributed by atoms with Crippen molar-refractivity contribution in [2.24, 2.45) is 0 Å². The zero-order valence-corrected chi connectivity index (χ0v) is 6.10. The first-order valence-corrected chi connectivity index (χ1v) is 3.73. The molecule has 1 aliphatic heterocycles. The van der Waals surface area contributed by atoms with Crippen LogP contribution in [0.5, 0.6) is 0 Å². The van der Waals surface area contributed by atoms with Crippen molar-refractivity contribution in [2.45, 2.75) is 0 Å². The largest absolute Gasteiger partial charge is 0.310 e. The smallest absolute Gasteiger partial charge is 0.204 e. The van der Waals surface area contributed by atoms with Gasteiger partial charge in [0, 0.05) is 22.8 Å². The number of nitrogens with one attached hydrogen (secondary N) is 2. The van der Waals surface area contributed by atoms with Gasteiger partial charge in [0.15, 0.2) is 0 Å². The van der Waals surface area contributed by atoms with Gasteiger partial charge in [-0.1, -0.05) is 0 Å². The Morgan fingerprint density at radius 1 is 0.900 bits per heavy atom. The van der Waals surface area contributed by atoms with Gasteiger partial charge in [0.2, 0.25) is 13.1 Å². The molecule has 0 atom stereocenters. The summed E-state index contributed by atoms with van der Waals surface area (Å²) in [4.78, 5) is 10.8. The second kappa shape index (κ2) is 4.35. The standard InChI is InChI=1S/C6H14N3O/c10-9-5-3-7-1-2-8-4-6-9/h7-8H,1-6H2/q+1. The summed E-state index contributed by atoms with van der Waals surface area (Å²) in [6, 6.07) is 0. The Hall–Kier alpha value is -0.480. The highest BCUT2D eigenvalue weighted by atomic mass is 16.3. The van der Waals surface area contributed by atoms with E-state index in [1.165, 1.54) is 0 Å². The quantitative estimate of drug-likeness (QED) is 0.427. The fourth-order valence-corrected chi connectivity index (χ4v) is 0.946. The summed E-state index contributed by atoms with van der Waals surface area (Å²) in [5.74, 6) is 0. The molecule has 0 aromatic rings. The maximum atomic E-state index is 10.8. The average molecular weight is 144 g/mol. The summed E-state index contributed by atoms with van der Waals surface area (Å²) in [7, 11) is 0. The number of rotatable bonds is 0. The van der Waals surface area contributed by atoms with Crippen LogP contribution in [0.2, 0.25) is 0 Å². The molecule has 1 saturated heterocycles. The lowest BCUT2D eigenvalue weighted by atomic mass is 10.5. The first-order chi connectivity index (χ1) is 4.89. The molecule has 0 amide bonds. The molecule has 0 saturated carbocycles. The fourth-order valence-electron chi connectivity index (χ4n) is 0.946. The zero-order chi connectivity index (χ0) is 7.23. The molecule has 0 radical (unpaired) electrons. The van der Waals surface area contributed by atoms with Crippen LogP contribution >= 0.6 is 0 Å². The second-order valence-corrected chi connectivity index (χ2v) is 2.43. The van der Waals surface area contributed by atoms with E-state index in [1.807, 2.05) is 0 Å². The Kier molecular flexibility index (Phi) is 3.32. The van der Waals surface area contributed by atoms with Crippen LogP contribution in [0, 0.1) is 4.91 Å². The van der Waals surface area contributed by atoms with Crippen molar-refractivity contribution in [3.63, 3.8) is 0 Å². The van der Waals surface area contributed by atoms with E-state index in [1.54, 1.807) is 0 Å². The molecule has 0 aromatic heterocycles. The van der Waals surface area contributed by atoms with E-state index in [-0.39, 0.29) is 0 Å². The van der Waals surface area contributed by atoms with Gasteiger partial charge >= 0.3 is 0 Å². The molecule has 0 aliphatic carbocycles. The monoisotopic (exact) mass is 144 g/mol. The molecule has 58 valence electrons. The van der Waals surface area contributed by atoms with Crippen LogP contribution in [0.3, 0.4) is 0 Å². The second-order valence-electron chi connectivity index (χ2n) is 2.43. The minimum absolute atomic E-state index is 0.613. The molecule has 2 N–H and O–H groups in total. The van der Waals surface area contributed by atoms with Gasteiger partial charge in [-0.3, -0.25) is 0 Å². The van der Waals surface area contributed by atoms with Crippen molar-refractivity contribution in [2.75, 3.05) is 39.3 Å². The Bertz CT molecular complexity index is 104. The van der Waals surface area contributed by atoms with Crippen molar-refractivity contribution in [3.8, 4) is 0 Å². The minimum atomic E-state index is 0.613. The van der Waals surface area contributed by atoms with E-state index >= 15 is 0 Å². The molecular weight excluding hydrogens is 130 g/mol. The predicted octanol–water partition coefficient (Wildman–Crippen LogP) is -1.04. The summed E-state index contributed by atoms with van der Waals surface area (Å²) in [5, 5.41) is 6.31. The van der Waals surface area contributed by atoms with Gasteiger partial charge in [0.1, 0.15) is 0 Å². The van der Waals surface area contributed by atoms with Gasteiger partial charge in [-0.2, -0.15) is 0 Å². The first-order valence-electron chi connectivity index (χ1n) is 3.73. The van der Waals surface area contributed by atoms with Gasteiger partial charge < -0.3 is 10.6 Å². The number of hydrogen-bond acceptors (Lipinski definition) is 3. The van der Waals surface area contributed by atoms with Crippen LogP contribution in [0.1, 0.15) is 0 Å². The van der Waals surface area contributed by atoms with Crippen molar-refractivity contribution < 1.29 is 4.76 Å². The summed E-state index contributed by atoms with van der Waals surface area (Å²) in [6.45, 7) is 4.78. The topological polar surface area (TPSA) is 44.1 Å². The Morgan fingerprint density at radius 2 is 1.40 bits per heavy atom. The lowest BCUT2D eigenvalue weighted by Crippen LogP contribution is -2.27. The van der Waals surface area contributed by atoms with Gasteiger partial charge in [-0.25, -0.2) is 0 Å². The van der Waals surface area contributed by atoms with E-state index < -0.39 is 0 Å². The molecule has 0 aromatic carbocycles. The molecule has 0 unspecified atom stereocenters. The average Bonchev–Trinajstić information content (AvgIpc) is 2.02.